The molecular formula is C15H12N2O2S. The number of benzene rings is 1. The van der Waals surface area contributed by atoms with Crippen molar-refractivity contribution in [3.63, 3.8) is 0 Å². The van der Waals surface area contributed by atoms with Gasteiger partial charge in [0.05, 0.1) is 12.8 Å². The van der Waals surface area contributed by atoms with Crippen molar-refractivity contribution in [3.8, 4) is 16.3 Å². The van der Waals surface area contributed by atoms with Gasteiger partial charge < -0.3 is 9.72 Å². The number of ketones is 1. The van der Waals surface area contributed by atoms with E-state index in [1.165, 1.54) is 11.3 Å². The van der Waals surface area contributed by atoms with Gasteiger partial charge in [-0.1, -0.05) is 0 Å². The molecule has 0 aliphatic heterocycles. The third-order valence-electron chi connectivity index (χ3n) is 2.98. The van der Waals surface area contributed by atoms with Crippen LogP contribution in [-0.4, -0.2) is 22.9 Å². The standard InChI is InChI=1S/C15H12N2O2S/c1-19-10-4-5-11(15-17-7-8-20-15)12(9-10)14(18)13-3-2-6-16-13/h2-9,16H,1H3. The lowest BCUT2D eigenvalue weighted by atomic mass is 10.0. The second kappa shape index (κ2) is 5.30. The van der Waals surface area contributed by atoms with Gasteiger partial charge in [-0.25, -0.2) is 4.98 Å². The summed E-state index contributed by atoms with van der Waals surface area (Å²) in [6.07, 6.45) is 3.46. The number of H-pyrrole nitrogens is 1. The number of aromatic nitrogens is 2. The van der Waals surface area contributed by atoms with Gasteiger partial charge in [0.2, 0.25) is 5.78 Å². The average Bonchev–Trinajstić information content (AvgIpc) is 3.18. The third kappa shape index (κ3) is 2.23. The summed E-state index contributed by atoms with van der Waals surface area (Å²) in [5, 5.41) is 2.71. The molecule has 3 aromatic rings. The second-order valence-corrected chi connectivity index (χ2v) is 5.06. The summed E-state index contributed by atoms with van der Waals surface area (Å²) >= 11 is 1.50. The zero-order valence-electron chi connectivity index (χ0n) is 10.8. The number of rotatable bonds is 4. The first-order valence-corrected chi connectivity index (χ1v) is 6.93. The van der Waals surface area contributed by atoms with Crippen LogP contribution in [0.25, 0.3) is 10.6 Å². The monoisotopic (exact) mass is 284 g/mol. The van der Waals surface area contributed by atoms with Gasteiger partial charge in [-0.2, -0.15) is 0 Å². The number of nitrogens with one attached hydrogen (secondary N) is 1. The highest BCUT2D eigenvalue weighted by molar-refractivity contribution is 7.13. The molecule has 0 radical (unpaired) electrons. The van der Waals surface area contributed by atoms with Crippen LogP contribution in [0.15, 0.2) is 48.1 Å². The van der Waals surface area contributed by atoms with Crippen molar-refractivity contribution in [2.75, 3.05) is 7.11 Å². The predicted molar refractivity (Wildman–Crippen MR) is 78.3 cm³/mol. The number of hydrogen-bond donors (Lipinski definition) is 1. The molecule has 0 saturated heterocycles. The van der Waals surface area contributed by atoms with Crippen LogP contribution in [0.4, 0.5) is 0 Å². The van der Waals surface area contributed by atoms with Crippen LogP contribution in [0.3, 0.4) is 0 Å². The molecule has 0 atom stereocenters. The van der Waals surface area contributed by atoms with E-state index in [0.29, 0.717) is 17.0 Å². The van der Waals surface area contributed by atoms with Crippen molar-refractivity contribution < 1.29 is 9.53 Å². The number of methoxy groups -OCH3 is 1. The second-order valence-electron chi connectivity index (χ2n) is 4.16. The number of nitrogens with zero attached hydrogens (tertiary/aromatic N) is 1. The van der Waals surface area contributed by atoms with Gasteiger partial charge in [0, 0.05) is 28.9 Å². The molecule has 0 aliphatic rings. The van der Waals surface area contributed by atoms with E-state index in [0.717, 1.165) is 10.6 Å². The quantitative estimate of drug-likeness (QED) is 0.747. The highest BCUT2D eigenvalue weighted by atomic mass is 32.1. The van der Waals surface area contributed by atoms with Gasteiger partial charge in [0.15, 0.2) is 0 Å². The molecule has 100 valence electrons. The summed E-state index contributed by atoms with van der Waals surface area (Å²) in [5.41, 5.74) is 1.96. The van der Waals surface area contributed by atoms with Gasteiger partial charge in [-0.3, -0.25) is 4.79 Å². The summed E-state index contributed by atoms with van der Waals surface area (Å²) in [6, 6.07) is 9.01. The lowest BCUT2D eigenvalue weighted by Crippen LogP contribution is -2.04. The zero-order valence-corrected chi connectivity index (χ0v) is 11.6. The van der Waals surface area contributed by atoms with Crippen molar-refractivity contribution in [2.45, 2.75) is 0 Å². The van der Waals surface area contributed by atoms with E-state index in [9.17, 15) is 4.79 Å². The fraction of sp³-hybridized carbons (Fsp3) is 0.0667. The minimum absolute atomic E-state index is 0.0703. The summed E-state index contributed by atoms with van der Waals surface area (Å²) in [6.45, 7) is 0. The average molecular weight is 284 g/mol. The summed E-state index contributed by atoms with van der Waals surface area (Å²) in [7, 11) is 1.58. The Labute approximate surface area is 120 Å². The van der Waals surface area contributed by atoms with Crippen LogP contribution in [-0.2, 0) is 0 Å². The summed E-state index contributed by atoms with van der Waals surface area (Å²) < 4.78 is 5.22. The Morgan fingerprint density at radius 3 is 2.90 bits per heavy atom. The van der Waals surface area contributed by atoms with Crippen molar-refractivity contribution in [1.29, 1.82) is 0 Å². The Morgan fingerprint density at radius 2 is 2.25 bits per heavy atom. The predicted octanol–water partition coefficient (Wildman–Crippen LogP) is 3.38. The number of hydrogen-bond acceptors (Lipinski definition) is 4. The molecule has 3 rings (SSSR count). The van der Waals surface area contributed by atoms with Crippen LogP contribution >= 0.6 is 11.3 Å². The number of aromatic amines is 1. The van der Waals surface area contributed by atoms with E-state index in [4.69, 9.17) is 4.74 Å². The maximum Gasteiger partial charge on any atom is 0.210 e. The normalized spacial score (nSPS) is 10.4. The first-order chi connectivity index (χ1) is 9.79. The smallest absolute Gasteiger partial charge is 0.210 e. The Morgan fingerprint density at radius 1 is 1.35 bits per heavy atom. The van der Waals surface area contributed by atoms with Gasteiger partial charge in [0.25, 0.3) is 0 Å². The van der Waals surface area contributed by atoms with Gasteiger partial charge in [-0.05, 0) is 30.3 Å². The molecule has 1 N–H and O–H groups in total. The summed E-state index contributed by atoms with van der Waals surface area (Å²) in [4.78, 5) is 19.8. The lowest BCUT2D eigenvalue weighted by molar-refractivity contribution is 0.103. The Kier molecular flexibility index (Phi) is 3.35. The molecule has 5 heteroatoms. The van der Waals surface area contributed by atoms with Crippen LogP contribution < -0.4 is 4.74 Å². The Bertz CT molecular complexity index is 718. The Balaban J connectivity index is 2.14. The van der Waals surface area contributed by atoms with Crippen LogP contribution in [0.2, 0.25) is 0 Å². The van der Waals surface area contributed by atoms with Crippen molar-refractivity contribution in [3.05, 3.63) is 59.4 Å². The number of carbonyl (C=O) groups is 1. The van der Waals surface area contributed by atoms with E-state index in [1.54, 1.807) is 37.7 Å². The molecule has 0 spiro atoms. The van der Waals surface area contributed by atoms with Gasteiger partial charge in [0.1, 0.15) is 10.8 Å². The van der Waals surface area contributed by atoms with Crippen LogP contribution in [0.5, 0.6) is 5.75 Å². The first kappa shape index (κ1) is 12.6. The SMILES string of the molecule is COc1ccc(-c2nccs2)c(C(=O)c2ccc[nH]2)c1. The fourth-order valence-corrected chi connectivity index (χ4v) is 2.68. The molecule has 20 heavy (non-hydrogen) atoms. The lowest BCUT2D eigenvalue weighted by Gasteiger charge is -2.08. The zero-order chi connectivity index (χ0) is 13.9. The minimum Gasteiger partial charge on any atom is -0.497 e. The molecule has 2 heterocycles. The molecule has 0 amide bonds. The molecule has 0 unspecified atom stereocenters. The van der Waals surface area contributed by atoms with Crippen LogP contribution in [0.1, 0.15) is 16.1 Å². The topological polar surface area (TPSA) is 55.0 Å². The van der Waals surface area contributed by atoms with E-state index < -0.39 is 0 Å². The molecular weight excluding hydrogens is 272 g/mol. The Hall–Kier alpha value is -2.40. The molecule has 0 saturated carbocycles. The minimum atomic E-state index is -0.0703. The van der Waals surface area contributed by atoms with Crippen molar-refractivity contribution in [2.24, 2.45) is 0 Å². The molecule has 1 aromatic carbocycles. The van der Waals surface area contributed by atoms with E-state index in [-0.39, 0.29) is 5.78 Å². The molecule has 2 aromatic heterocycles. The number of carbonyl (C=O) groups excluding carboxylic acids is 1. The summed E-state index contributed by atoms with van der Waals surface area (Å²) in [5.74, 6) is 0.583. The molecule has 4 nitrogen and oxygen atoms in total. The van der Waals surface area contributed by atoms with E-state index in [1.807, 2.05) is 17.5 Å². The van der Waals surface area contributed by atoms with E-state index >= 15 is 0 Å². The largest absolute Gasteiger partial charge is 0.497 e. The maximum atomic E-state index is 12.6. The number of thiazole rings is 1. The highest BCUT2D eigenvalue weighted by Gasteiger charge is 2.17. The molecule has 0 aliphatic carbocycles. The highest BCUT2D eigenvalue weighted by Crippen LogP contribution is 2.30. The van der Waals surface area contributed by atoms with Gasteiger partial charge >= 0.3 is 0 Å². The molecule has 0 fully saturated rings. The van der Waals surface area contributed by atoms with Crippen molar-refractivity contribution >= 4 is 17.1 Å². The van der Waals surface area contributed by atoms with Crippen molar-refractivity contribution in [1.82, 2.24) is 9.97 Å². The fourth-order valence-electron chi connectivity index (χ4n) is 2.00. The number of ether oxygens (including phenoxy) is 1. The third-order valence-corrected chi connectivity index (χ3v) is 3.78. The molecule has 0 bridgehead atoms. The first-order valence-electron chi connectivity index (χ1n) is 6.05. The van der Waals surface area contributed by atoms with Gasteiger partial charge in [-0.15, -0.1) is 11.3 Å². The maximum absolute atomic E-state index is 12.6. The van der Waals surface area contributed by atoms with Crippen LogP contribution in [0, 0.1) is 0 Å². The van der Waals surface area contributed by atoms with E-state index in [2.05, 4.69) is 9.97 Å².